The number of pyridine rings is 1. The predicted octanol–water partition coefficient (Wildman–Crippen LogP) is 3.40. The van der Waals surface area contributed by atoms with Gasteiger partial charge in [-0.25, -0.2) is 0 Å². The molecule has 1 aliphatic rings. The maximum Gasteiger partial charge on any atom is 0.227 e. The molecule has 162 valence electrons. The van der Waals surface area contributed by atoms with Crippen LogP contribution in [-0.2, 0) is 11.2 Å². The second-order valence-electron chi connectivity index (χ2n) is 7.39. The average Bonchev–Trinajstić information content (AvgIpc) is 3.48. The highest BCUT2D eigenvalue weighted by Crippen LogP contribution is 2.40. The molecule has 0 saturated carbocycles. The summed E-state index contributed by atoms with van der Waals surface area (Å²) in [6, 6.07) is 7.50. The van der Waals surface area contributed by atoms with Gasteiger partial charge in [-0.2, -0.15) is 5.10 Å². The van der Waals surface area contributed by atoms with Crippen LogP contribution in [0.1, 0.15) is 30.1 Å². The van der Waals surface area contributed by atoms with Crippen molar-refractivity contribution in [1.82, 2.24) is 20.1 Å². The summed E-state index contributed by atoms with van der Waals surface area (Å²) >= 11 is 0. The van der Waals surface area contributed by atoms with Gasteiger partial charge in [0, 0.05) is 24.5 Å². The number of amides is 1. The van der Waals surface area contributed by atoms with Crippen molar-refractivity contribution < 1.29 is 19.0 Å². The van der Waals surface area contributed by atoms with E-state index in [0.717, 1.165) is 35.2 Å². The Bertz CT molecular complexity index is 1030. The van der Waals surface area contributed by atoms with Gasteiger partial charge in [-0.05, 0) is 48.2 Å². The van der Waals surface area contributed by atoms with Crippen LogP contribution >= 0.6 is 0 Å². The molecule has 8 heteroatoms. The van der Waals surface area contributed by atoms with Crippen LogP contribution in [0.2, 0.25) is 0 Å². The number of ether oxygens (including phenoxy) is 3. The summed E-state index contributed by atoms with van der Waals surface area (Å²) in [5, 5.41) is 7.38. The molecule has 4 rings (SSSR count). The van der Waals surface area contributed by atoms with E-state index in [-0.39, 0.29) is 18.4 Å². The minimum absolute atomic E-state index is 0.0415. The number of aromatic nitrogens is 3. The van der Waals surface area contributed by atoms with E-state index in [1.54, 1.807) is 33.7 Å². The quantitative estimate of drug-likeness (QED) is 0.628. The van der Waals surface area contributed by atoms with Gasteiger partial charge >= 0.3 is 0 Å². The molecule has 0 radical (unpaired) electrons. The van der Waals surface area contributed by atoms with Gasteiger partial charge in [-0.15, -0.1) is 0 Å². The first-order valence-corrected chi connectivity index (χ1v) is 10.2. The lowest BCUT2D eigenvalue weighted by atomic mass is 10.0. The van der Waals surface area contributed by atoms with E-state index in [0.29, 0.717) is 23.8 Å². The Hall–Kier alpha value is -3.55. The van der Waals surface area contributed by atoms with Gasteiger partial charge in [-0.1, -0.05) is 0 Å². The zero-order chi connectivity index (χ0) is 21.8. The van der Waals surface area contributed by atoms with Crippen LogP contribution in [-0.4, -0.2) is 53.9 Å². The summed E-state index contributed by atoms with van der Waals surface area (Å²) in [5.74, 6) is 1.64. The molecular weight excluding hydrogens is 396 g/mol. The highest BCUT2D eigenvalue weighted by atomic mass is 16.5. The number of carbonyl (C=O) groups is 1. The monoisotopic (exact) mass is 422 g/mol. The fourth-order valence-electron chi connectivity index (χ4n) is 4.19. The van der Waals surface area contributed by atoms with Crippen molar-refractivity contribution in [3.63, 3.8) is 0 Å². The van der Waals surface area contributed by atoms with Crippen LogP contribution in [0.4, 0.5) is 0 Å². The number of rotatable bonds is 7. The van der Waals surface area contributed by atoms with Crippen molar-refractivity contribution in [2.24, 2.45) is 0 Å². The summed E-state index contributed by atoms with van der Waals surface area (Å²) in [7, 11) is 4.70. The van der Waals surface area contributed by atoms with E-state index in [9.17, 15) is 4.79 Å². The number of likely N-dealkylation sites (tertiary alicyclic amines) is 1. The SMILES string of the molecule is COc1cc(CC(=O)N2CCCC2c2[nH]ncc2-c2ccncc2)cc(OC)c1OC. The van der Waals surface area contributed by atoms with Crippen molar-refractivity contribution in [2.75, 3.05) is 27.9 Å². The molecular formula is C23H26N4O4. The van der Waals surface area contributed by atoms with E-state index in [4.69, 9.17) is 14.2 Å². The third-order valence-corrected chi connectivity index (χ3v) is 5.65. The first kappa shape index (κ1) is 20.7. The third kappa shape index (κ3) is 4.05. The van der Waals surface area contributed by atoms with Crippen molar-refractivity contribution in [3.05, 3.63) is 54.1 Å². The first-order chi connectivity index (χ1) is 15.2. The number of hydrogen-bond acceptors (Lipinski definition) is 6. The molecule has 0 bridgehead atoms. The number of nitrogens with one attached hydrogen (secondary N) is 1. The maximum absolute atomic E-state index is 13.3. The highest BCUT2D eigenvalue weighted by molar-refractivity contribution is 5.80. The summed E-state index contributed by atoms with van der Waals surface area (Å²) < 4.78 is 16.2. The molecule has 1 fully saturated rings. The molecule has 2 aromatic heterocycles. The number of hydrogen-bond donors (Lipinski definition) is 1. The maximum atomic E-state index is 13.3. The lowest BCUT2D eigenvalue weighted by Gasteiger charge is -2.25. The molecule has 1 aromatic carbocycles. The number of aromatic amines is 1. The molecule has 8 nitrogen and oxygen atoms in total. The second-order valence-corrected chi connectivity index (χ2v) is 7.39. The number of carbonyl (C=O) groups excluding carboxylic acids is 1. The molecule has 3 aromatic rings. The van der Waals surface area contributed by atoms with Crippen LogP contribution in [0, 0.1) is 0 Å². The Kier molecular flexibility index (Phi) is 6.06. The molecule has 1 saturated heterocycles. The highest BCUT2D eigenvalue weighted by Gasteiger charge is 2.33. The number of H-pyrrole nitrogens is 1. The lowest BCUT2D eigenvalue weighted by Crippen LogP contribution is -2.32. The molecule has 31 heavy (non-hydrogen) atoms. The van der Waals surface area contributed by atoms with E-state index in [2.05, 4.69) is 15.2 Å². The Morgan fingerprint density at radius 3 is 2.48 bits per heavy atom. The topological polar surface area (TPSA) is 89.6 Å². The lowest BCUT2D eigenvalue weighted by molar-refractivity contribution is -0.131. The zero-order valence-corrected chi connectivity index (χ0v) is 17.9. The average molecular weight is 422 g/mol. The normalized spacial score (nSPS) is 15.7. The fraction of sp³-hybridized carbons (Fsp3) is 0.348. The summed E-state index contributed by atoms with van der Waals surface area (Å²) in [6.45, 7) is 0.711. The molecule has 1 unspecified atom stereocenters. The number of methoxy groups -OCH3 is 3. The van der Waals surface area contributed by atoms with Gasteiger partial charge in [0.1, 0.15) is 0 Å². The van der Waals surface area contributed by atoms with Crippen LogP contribution in [0.5, 0.6) is 17.2 Å². The Balaban J connectivity index is 1.58. The predicted molar refractivity (Wildman–Crippen MR) is 115 cm³/mol. The van der Waals surface area contributed by atoms with Gasteiger partial charge in [0.2, 0.25) is 11.7 Å². The van der Waals surface area contributed by atoms with Gasteiger partial charge < -0.3 is 19.1 Å². The van der Waals surface area contributed by atoms with Gasteiger partial charge in [0.05, 0.1) is 45.7 Å². The molecule has 0 spiro atoms. The number of nitrogens with zero attached hydrogens (tertiary/aromatic N) is 3. The minimum atomic E-state index is -0.0415. The third-order valence-electron chi connectivity index (χ3n) is 5.65. The van der Waals surface area contributed by atoms with Gasteiger partial charge in [0.25, 0.3) is 0 Å². The van der Waals surface area contributed by atoms with Crippen molar-refractivity contribution >= 4 is 5.91 Å². The largest absolute Gasteiger partial charge is 0.493 e. The van der Waals surface area contributed by atoms with Crippen molar-refractivity contribution in [2.45, 2.75) is 25.3 Å². The molecule has 1 N–H and O–H groups in total. The van der Waals surface area contributed by atoms with Crippen LogP contribution in [0.15, 0.2) is 42.9 Å². The van der Waals surface area contributed by atoms with Crippen LogP contribution in [0.25, 0.3) is 11.1 Å². The zero-order valence-electron chi connectivity index (χ0n) is 17.9. The van der Waals surface area contributed by atoms with Crippen molar-refractivity contribution in [3.8, 4) is 28.4 Å². The number of benzene rings is 1. The standard InChI is InChI=1S/C23H26N4O4/c1-29-19-11-15(12-20(30-2)23(19)31-3)13-21(28)27-10-4-5-18(27)22-17(14-25-26-22)16-6-8-24-9-7-16/h6-9,11-12,14,18H,4-5,10,13H2,1-3H3,(H,25,26). The van der Waals surface area contributed by atoms with Crippen LogP contribution < -0.4 is 14.2 Å². The Labute approximate surface area is 181 Å². The molecule has 1 amide bonds. The fourth-order valence-corrected chi connectivity index (χ4v) is 4.19. The minimum Gasteiger partial charge on any atom is -0.493 e. The molecule has 3 heterocycles. The molecule has 1 aliphatic heterocycles. The Morgan fingerprint density at radius 1 is 1.13 bits per heavy atom. The molecule has 1 atom stereocenters. The summed E-state index contributed by atoms with van der Waals surface area (Å²) in [4.78, 5) is 19.3. The van der Waals surface area contributed by atoms with Crippen molar-refractivity contribution in [1.29, 1.82) is 0 Å². The van der Waals surface area contributed by atoms with Gasteiger partial charge in [-0.3, -0.25) is 14.9 Å². The van der Waals surface area contributed by atoms with E-state index in [1.807, 2.05) is 35.4 Å². The molecule has 0 aliphatic carbocycles. The van der Waals surface area contributed by atoms with E-state index in [1.165, 1.54) is 0 Å². The first-order valence-electron chi connectivity index (χ1n) is 10.2. The van der Waals surface area contributed by atoms with E-state index >= 15 is 0 Å². The summed E-state index contributed by atoms with van der Waals surface area (Å²) in [5.41, 5.74) is 3.80. The second kappa shape index (κ2) is 9.07. The smallest absolute Gasteiger partial charge is 0.227 e. The van der Waals surface area contributed by atoms with E-state index < -0.39 is 0 Å². The summed E-state index contributed by atoms with van der Waals surface area (Å²) in [6.07, 6.45) is 7.40. The van der Waals surface area contributed by atoms with Gasteiger partial charge in [0.15, 0.2) is 11.5 Å². The Morgan fingerprint density at radius 2 is 1.84 bits per heavy atom. The van der Waals surface area contributed by atoms with Crippen LogP contribution in [0.3, 0.4) is 0 Å².